The van der Waals surface area contributed by atoms with Crippen LogP contribution in [0.5, 0.6) is 0 Å². The SMILES string of the molecule is COCCn1c(SCC(=O)c2ccc(NC(C)=O)cc2F)nc2ccccc21. The Morgan fingerprint density at radius 2 is 2.04 bits per heavy atom. The van der Waals surface area contributed by atoms with E-state index in [9.17, 15) is 14.0 Å². The lowest BCUT2D eigenvalue weighted by molar-refractivity contribution is -0.114. The van der Waals surface area contributed by atoms with Gasteiger partial charge in [-0.2, -0.15) is 0 Å². The summed E-state index contributed by atoms with van der Waals surface area (Å²) in [7, 11) is 1.63. The number of rotatable bonds is 8. The molecular weight excluding hydrogens is 381 g/mol. The summed E-state index contributed by atoms with van der Waals surface area (Å²) in [5.74, 6) is -1.26. The quantitative estimate of drug-likeness (QED) is 0.460. The van der Waals surface area contributed by atoms with Gasteiger partial charge in [0.25, 0.3) is 0 Å². The van der Waals surface area contributed by atoms with Crippen LogP contribution in [0.4, 0.5) is 10.1 Å². The topological polar surface area (TPSA) is 73.2 Å². The largest absolute Gasteiger partial charge is 0.383 e. The molecule has 0 atom stereocenters. The number of para-hydroxylation sites is 2. The highest BCUT2D eigenvalue weighted by molar-refractivity contribution is 7.99. The van der Waals surface area contributed by atoms with Crippen molar-refractivity contribution in [1.29, 1.82) is 0 Å². The van der Waals surface area contributed by atoms with E-state index >= 15 is 0 Å². The molecule has 0 spiro atoms. The number of ketones is 1. The molecular formula is C20H20FN3O3S. The maximum atomic E-state index is 14.3. The van der Waals surface area contributed by atoms with Crippen molar-refractivity contribution < 1.29 is 18.7 Å². The van der Waals surface area contributed by atoms with Gasteiger partial charge >= 0.3 is 0 Å². The number of Topliss-reactive ketones (excluding diaryl/α,β-unsaturated/α-hetero) is 1. The van der Waals surface area contributed by atoms with Crippen LogP contribution in [-0.4, -0.2) is 40.7 Å². The fourth-order valence-electron chi connectivity index (χ4n) is 2.79. The predicted octanol–water partition coefficient (Wildman–Crippen LogP) is 3.76. The monoisotopic (exact) mass is 401 g/mol. The molecule has 0 fully saturated rings. The molecule has 8 heteroatoms. The number of amides is 1. The average molecular weight is 401 g/mol. The first-order valence-electron chi connectivity index (χ1n) is 8.67. The van der Waals surface area contributed by atoms with Crippen LogP contribution in [0.2, 0.25) is 0 Å². The number of carbonyl (C=O) groups is 2. The smallest absolute Gasteiger partial charge is 0.221 e. The van der Waals surface area contributed by atoms with E-state index in [1.54, 1.807) is 7.11 Å². The minimum absolute atomic E-state index is 0.0128. The molecule has 0 aliphatic rings. The van der Waals surface area contributed by atoms with Gasteiger partial charge in [-0.1, -0.05) is 23.9 Å². The lowest BCUT2D eigenvalue weighted by Gasteiger charge is -2.09. The van der Waals surface area contributed by atoms with E-state index in [4.69, 9.17) is 4.74 Å². The lowest BCUT2D eigenvalue weighted by Crippen LogP contribution is -2.10. The maximum absolute atomic E-state index is 14.3. The number of thioether (sulfide) groups is 1. The van der Waals surface area contributed by atoms with E-state index in [2.05, 4.69) is 10.3 Å². The van der Waals surface area contributed by atoms with Crippen molar-refractivity contribution in [2.24, 2.45) is 0 Å². The zero-order chi connectivity index (χ0) is 20.1. The Morgan fingerprint density at radius 3 is 2.75 bits per heavy atom. The number of nitrogens with zero attached hydrogens (tertiary/aromatic N) is 2. The van der Waals surface area contributed by atoms with Gasteiger partial charge in [-0.3, -0.25) is 9.59 Å². The van der Waals surface area contributed by atoms with Crippen LogP contribution >= 0.6 is 11.8 Å². The third-order valence-corrected chi connectivity index (χ3v) is 5.04. The highest BCUT2D eigenvalue weighted by Gasteiger charge is 2.16. The first-order valence-corrected chi connectivity index (χ1v) is 9.65. The van der Waals surface area contributed by atoms with Gasteiger partial charge in [-0.05, 0) is 30.3 Å². The number of ether oxygens (including phenoxy) is 1. The van der Waals surface area contributed by atoms with E-state index in [1.807, 2.05) is 28.8 Å². The zero-order valence-corrected chi connectivity index (χ0v) is 16.4. The molecule has 0 bridgehead atoms. The third kappa shape index (κ3) is 4.58. The summed E-state index contributed by atoms with van der Waals surface area (Å²) in [6, 6.07) is 11.7. The Kier molecular flexibility index (Phi) is 6.43. The van der Waals surface area contributed by atoms with Crippen LogP contribution in [0, 0.1) is 5.82 Å². The van der Waals surface area contributed by atoms with E-state index in [-0.39, 0.29) is 23.0 Å². The maximum Gasteiger partial charge on any atom is 0.221 e. The molecule has 3 aromatic rings. The number of aromatic nitrogens is 2. The van der Waals surface area contributed by atoms with Crippen LogP contribution < -0.4 is 5.32 Å². The molecule has 1 amide bonds. The Labute approximate surface area is 166 Å². The van der Waals surface area contributed by atoms with Gasteiger partial charge in [0, 0.05) is 26.3 Å². The number of fused-ring (bicyclic) bond motifs is 1. The normalized spacial score (nSPS) is 11.0. The number of halogens is 1. The van der Waals surface area contributed by atoms with Gasteiger partial charge in [-0.15, -0.1) is 0 Å². The summed E-state index contributed by atoms with van der Waals surface area (Å²) in [5.41, 5.74) is 2.09. The highest BCUT2D eigenvalue weighted by Crippen LogP contribution is 2.25. The molecule has 1 aromatic heterocycles. The second kappa shape index (κ2) is 8.99. The Balaban J connectivity index is 1.76. The minimum Gasteiger partial charge on any atom is -0.383 e. The standard InChI is InChI=1S/C20H20FN3O3S/c1-13(25)22-14-7-8-15(16(21)11-14)19(26)12-28-20-23-17-5-3-4-6-18(17)24(20)9-10-27-2/h3-8,11H,9-10,12H2,1-2H3,(H,22,25). The number of methoxy groups -OCH3 is 1. The number of carbonyl (C=O) groups excluding carboxylic acids is 2. The van der Waals surface area contributed by atoms with E-state index in [0.717, 1.165) is 17.1 Å². The number of anilines is 1. The van der Waals surface area contributed by atoms with Crippen LogP contribution in [0.1, 0.15) is 17.3 Å². The number of imidazole rings is 1. The summed E-state index contributed by atoms with van der Waals surface area (Å²) in [6.07, 6.45) is 0. The van der Waals surface area contributed by atoms with E-state index in [1.165, 1.54) is 30.8 Å². The van der Waals surface area contributed by atoms with Gasteiger partial charge in [0.2, 0.25) is 5.91 Å². The predicted molar refractivity (Wildman–Crippen MR) is 107 cm³/mol. The first-order chi connectivity index (χ1) is 13.5. The molecule has 0 saturated heterocycles. The molecule has 146 valence electrons. The highest BCUT2D eigenvalue weighted by atomic mass is 32.2. The van der Waals surface area contributed by atoms with Crippen molar-refractivity contribution >= 4 is 40.2 Å². The average Bonchev–Trinajstić information content (AvgIpc) is 3.01. The van der Waals surface area contributed by atoms with Crippen molar-refractivity contribution in [2.75, 3.05) is 24.8 Å². The first kappa shape index (κ1) is 20.0. The van der Waals surface area contributed by atoms with Gasteiger partial charge < -0.3 is 14.6 Å². The molecule has 1 N–H and O–H groups in total. The van der Waals surface area contributed by atoms with Crippen LogP contribution in [0.3, 0.4) is 0 Å². The van der Waals surface area contributed by atoms with Crippen molar-refractivity contribution in [1.82, 2.24) is 9.55 Å². The fourth-order valence-corrected chi connectivity index (χ4v) is 3.72. The van der Waals surface area contributed by atoms with Crippen LogP contribution in [0.25, 0.3) is 11.0 Å². The Bertz CT molecular complexity index is 1020. The van der Waals surface area contributed by atoms with Gasteiger partial charge in [0.15, 0.2) is 10.9 Å². The Morgan fingerprint density at radius 1 is 1.25 bits per heavy atom. The van der Waals surface area contributed by atoms with Crippen molar-refractivity contribution in [2.45, 2.75) is 18.6 Å². The van der Waals surface area contributed by atoms with Crippen molar-refractivity contribution in [3.05, 3.63) is 53.8 Å². The van der Waals surface area contributed by atoms with Crippen LogP contribution in [0.15, 0.2) is 47.6 Å². The third-order valence-electron chi connectivity index (χ3n) is 4.06. The van der Waals surface area contributed by atoms with Gasteiger partial charge in [0.1, 0.15) is 5.82 Å². The molecule has 28 heavy (non-hydrogen) atoms. The summed E-state index contributed by atoms with van der Waals surface area (Å²) in [6.45, 7) is 2.46. The summed E-state index contributed by atoms with van der Waals surface area (Å²) < 4.78 is 21.4. The number of benzene rings is 2. The Hall–Kier alpha value is -2.71. The van der Waals surface area contributed by atoms with Crippen molar-refractivity contribution in [3.63, 3.8) is 0 Å². The summed E-state index contributed by atoms with van der Waals surface area (Å²) >= 11 is 1.26. The second-order valence-corrected chi connectivity index (χ2v) is 7.06. The zero-order valence-electron chi connectivity index (χ0n) is 15.6. The summed E-state index contributed by atoms with van der Waals surface area (Å²) in [5, 5.41) is 3.17. The molecule has 0 aliphatic heterocycles. The van der Waals surface area contributed by atoms with Gasteiger partial charge in [0.05, 0.1) is 29.0 Å². The molecule has 6 nitrogen and oxygen atoms in total. The molecule has 3 rings (SSSR count). The molecule has 0 saturated carbocycles. The fraction of sp³-hybridized carbons (Fsp3) is 0.250. The molecule has 0 aliphatic carbocycles. The van der Waals surface area contributed by atoms with Gasteiger partial charge in [-0.25, -0.2) is 9.37 Å². The molecule has 0 radical (unpaired) electrons. The molecule has 2 aromatic carbocycles. The van der Waals surface area contributed by atoms with Crippen LogP contribution in [-0.2, 0) is 16.1 Å². The minimum atomic E-state index is -0.662. The van der Waals surface area contributed by atoms with Crippen molar-refractivity contribution in [3.8, 4) is 0 Å². The number of nitrogens with one attached hydrogen (secondary N) is 1. The second-order valence-electron chi connectivity index (χ2n) is 6.12. The molecule has 0 unspecified atom stereocenters. The number of hydrogen-bond acceptors (Lipinski definition) is 5. The number of hydrogen-bond donors (Lipinski definition) is 1. The van der Waals surface area contributed by atoms with E-state index < -0.39 is 5.82 Å². The lowest BCUT2D eigenvalue weighted by atomic mass is 10.1. The van der Waals surface area contributed by atoms with E-state index in [0.29, 0.717) is 24.0 Å². The molecule has 1 heterocycles. The summed E-state index contributed by atoms with van der Waals surface area (Å²) in [4.78, 5) is 28.1.